The molecule has 0 spiro atoms. The molecule has 4 nitrogen and oxygen atoms in total. The molecule has 2 fully saturated rings. The molecule has 0 heterocycles. The Morgan fingerprint density at radius 3 is 2.65 bits per heavy atom. The Hall–Kier alpha value is -0.610. The molecule has 1 amide bonds. The molecule has 0 bridgehead atoms. The number of carbonyl (C=O) groups is 1. The average Bonchev–Trinajstić information content (AvgIpc) is 3.08. The van der Waals surface area contributed by atoms with Crippen molar-refractivity contribution in [2.24, 2.45) is 17.1 Å². The topological polar surface area (TPSA) is 75.4 Å². The van der Waals surface area contributed by atoms with Crippen LogP contribution in [0.3, 0.4) is 0 Å². The van der Waals surface area contributed by atoms with Crippen molar-refractivity contribution in [2.75, 3.05) is 13.2 Å². The summed E-state index contributed by atoms with van der Waals surface area (Å²) >= 11 is 0. The third kappa shape index (κ3) is 3.19. The van der Waals surface area contributed by atoms with Crippen molar-refractivity contribution in [3.05, 3.63) is 0 Å². The highest BCUT2D eigenvalue weighted by atomic mass is 16.3. The van der Waals surface area contributed by atoms with E-state index in [1.54, 1.807) is 0 Å². The molecule has 2 rings (SSSR count). The largest absolute Gasteiger partial charge is 0.396 e. The van der Waals surface area contributed by atoms with E-state index in [1.807, 2.05) is 0 Å². The van der Waals surface area contributed by atoms with Gasteiger partial charge in [0, 0.05) is 19.2 Å². The number of nitrogens with two attached hydrogens (primary N) is 1. The number of carbonyl (C=O) groups excluding carboxylic acids is 1. The van der Waals surface area contributed by atoms with E-state index in [4.69, 9.17) is 10.8 Å². The quantitative estimate of drug-likeness (QED) is 0.665. The summed E-state index contributed by atoms with van der Waals surface area (Å²) in [5, 5.41) is 12.0. The second-order valence-corrected chi connectivity index (χ2v) is 5.75. The third-order valence-electron chi connectivity index (χ3n) is 4.39. The maximum Gasteiger partial charge on any atom is 0.224 e. The minimum absolute atomic E-state index is 0.00803. The van der Waals surface area contributed by atoms with Gasteiger partial charge in [0.15, 0.2) is 0 Å². The van der Waals surface area contributed by atoms with E-state index in [2.05, 4.69) is 5.32 Å². The van der Waals surface area contributed by atoms with Gasteiger partial charge in [0.2, 0.25) is 5.91 Å². The molecular weight excluding hydrogens is 216 g/mol. The normalized spacial score (nSPS) is 30.9. The zero-order valence-electron chi connectivity index (χ0n) is 10.5. The fourth-order valence-electron chi connectivity index (χ4n) is 2.82. The van der Waals surface area contributed by atoms with Gasteiger partial charge in [-0.2, -0.15) is 0 Å². The second-order valence-electron chi connectivity index (χ2n) is 5.75. The lowest BCUT2D eigenvalue weighted by Gasteiger charge is -2.28. The van der Waals surface area contributed by atoms with Crippen molar-refractivity contribution < 1.29 is 9.90 Å². The Bertz CT molecular complexity index is 277. The van der Waals surface area contributed by atoms with Crippen LogP contribution in [0.1, 0.15) is 44.9 Å². The summed E-state index contributed by atoms with van der Waals surface area (Å²) < 4.78 is 0. The van der Waals surface area contributed by atoms with Crippen LogP contribution in [0.4, 0.5) is 0 Å². The van der Waals surface area contributed by atoms with E-state index in [-0.39, 0.29) is 29.9 Å². The highest BCUT2D eigenvalue weighted by Crippen LogP contribution is 2.47. The lowest BCUT2D eigenvalue weighted by Crippen LogP contribution is -2.45. The number of rotatable bonds is 5. The molecule has 2 saturated carbocycles. The molecular formula is C13H24N2O2. The van der Waals surface area contributed by atoms with Crippen LogP contribution >= 0.6 is 0 Å². The molecule has 0 saturated heterocycles. The molecule has 0 aromatic carbocycles. The maximum absolute atomic E-state index is 12.0. The Morgan fingerprint density at radius 2 is 2.06 bits per heavy atom. The Kier molecular flexibility index (Phi) is 4.05. The van der Waals surface area contributed by atoms with Crippen LogP contribution in [0.5, 0.6) is 0 Å². The fourth-order valence-corrected chi connectivity index (χ4v) is 2.82. The summed E-state index contributed by atoms with van der Waals surface area (Å²) in [6, 6.07) is 0.0387. The number of nitrogens with one attached hydrogen (secondary N) is 1. The predicted molar refractivity (Wildman–Crippen MR) is 66.3 cm³/mol. The van der Waals surface area contributed by atoms with Gasteiger partial charge in [0.05, 0.1) is 5.92 Å². The van der Waals surface area contributed by atoms with Crippen molar-refractivity contribution in [1.29, 1.82) is 0 Å². The first-order valence-electron chi connectivity index (χ1n) is 6.81. The summed E-state index contributed by atoms with van der Waals surface area (Å²) in [7, 11) is 0. The molecule has 2 unspecified atom stereocenters. The lowest BCUT2D eigenvalue weighted by atomic mass is 9.84. The summed E-state index contributed by atoms with van der Waals surface area (Å²) in [5.41, 5.74) is 6.19. The van der Waals surface area contributed by atoms with Crippen molar-refractivity contribution >= 4 is 5.91 Å². The summed E-state index contributed by atoms with van der Waals surface area (Å²) in [4.78, 5) is 12.0. The van der Waals surface area contributed by atoms with Gasteiger partial charge in [-0.15, -0.1) is 0 Å². The molecule has 0 aliphatic heterocycles. The van der Waals surface area contributed by atoms with Crippen LogP contribution in [-0.4, -0.2) is 30.2 Å². The first-order chi connectivity index (χ1) is 8.17. The second kappa shape index (κ2) is 5.36. The standard InChI is InChI=1S/C13H24N2O2/c14-11-4-2-1-3-10(11)12(17)15-9-13(5-6-13)7-8-16/h10-11,16H,1-9,14H2,(H,15,17). The Labute approximate surface area is 103 Å². The van der Waals surface area contributed by atoms with E-state index in [9.17, 15) is 4.79 Å². The molecule has 2 aliphatic carbocycles. The molecule has 0 radical (unpaired) electrons. The number of aliphatic hydroxyl groups excluding tert-OH is 1. The smallest absolute Gasteiger partial charge is 0.224 e. The fraction of sp³-hybridized carbons (Fsp3) is 0.923. The van der Waals surface area contributed by atoms with E-state index in [0.29, 0.717) is 0 Å². The minimum Gasteiger partial charge on any atom is -0.396 e. The van der Waals surface area contributed by atoms with Gasteiger partial charge >= 0.3 is 0 Å². The highest BCUT2D eigenvalue weighted by Gasteiger charge is 2.42. The van der Waals surface area contributed by atoms with Gasteiger partial charge in [-0.25, -0.2) is 0 Å². The van der Waals surface area contributed by atoms with Crippen LogP contribution in [0.25, 0.3) is 0 Å². The van der Waals surface area contributed by atoms with Crippen LogP contribution in [-0.2, 0) is 4.79 Å². The SMILES string of the molecule is NC1CCCCC1C(=O)NCC1(CCO)CC1. The minimum atomic E-state index is 0.00803. The van der Waals surface area contributed by atoms with Gasteiger partial charge in [0.1, 0.15) is 0 Å². The van der Waals surface area contributed by atoms with E-state index in [0.717, 1.165) is 51.5 Å². The summed E-state index contributed by atoms with van der Waals surface area (Å²) in [6.07, 6.45) is 7.24. The van der Waals surface area contributed by atoms with Crippen LogP contribution < -0.4 is 11.1 Å². The van der Waals surface area contributed by atoms with Gasteiger partial charge in [-0.1, -0.05) is 12.8 Å². The predicted octanol–water partition coefficient (Wildman–Crippen LogP) is 0.783. The molecule has 2 atom stereocenters. The van der Waals surface area contributed by atoms with Gasteiger partial charge in [-0.05, 0) is 37.5 Å². The summed E-state index contributed by atoms with van der Waals surface area (Å²) in [5.74, 6) is 0.134. The van der Waals surface area contributed by atoms with Crippen molar-refractivity contribution in [3.8, 4) is 0 Å². The number of aliphatic hydroxyl groups is 1. The van der Waals surface area contributed by atoms with Crippen molar-refractivity contribution in [1.82, 2.24) is 5.32 Å². The summed E-state index contributed by atoms with van der Waals surface area (Å²) in [6.45, 7) is 0.939. The van der Waals surface area contributed by atoms with Crippen LogP contribution in [0.15, 0.2) is 0 Å². The first kappa shape index (κ1) is 12.8. The molecule has 0 aromatic rings. The zero-order valence-corrected chi connectivity index (χ0v) is 10.5. The van der Waals surface area contributed by atoms with Crippen LogP contribution in [0, 0.1) is 11.3 Å². The average molecular weight is 240 g/mol. The Balaban J connectivity index is 1.77. The first-order valence-corrected chi connectivity index (χ1v) is 6.81. The lowest BCUT2D eigenvalue weighted by molar-refractivity contribution is -0.126. The molecule has 2 aliphatic rings. The number of amides is 1. The van der Waals surface area contributed by atoms with Gasteiger partial charge in [-0.3, -0.25) is 4.79 Å². The maximum atomic E-state index is 12.0. The Morgan fingerprint density at radius 1 is 1.35 bits per heavy atom. The number of hydrogen-bond acceptors (Lipinski definition) is 3. The molecule has 4 heteroatoms. The molecule has 17 heavy (non-hydrogen) atoms. The van der Waals surface area contributed by atoms with Gasteiger partial charge in [0.25, 0.3) is 0 Å². The van der Waals surface area contributed by atoms with E-state index in [1.165, 1.54) is 0 Å². The monoisotopic (exact) mass is 240 g/mol. The molecule has 4 N–H and O–H groups in total. The zero-order chi connectivity index (χ0) is 12.3. The number of hydrogen-bond donors (Lipinski definition) is 3. The van der Waals surface area contributed by atoms with Crippen molar-refractivity contribution in [2.45, 2.75) is 51.0 Å². The van der Waals surface area contributed by atoms with E-state index < -0.39 is 0 Å². The van der Waals surface area contributed by atoms with Gasteiger partial charge < -0.3 is 16.2 Å². The van der Waals surface area contributed by atoms with Crippen LogP contribution in [0.2, 0.25) is 0 Å². The molecule has 0 aromatic heterocycles. The molecule has 98 valence electrons. The van der Waals surface area contributed by atoms with Crippen molar-refractivity contribution in [3.63, 3.8) is 0 Å². The highest BCUT2D eigenvalue weighted by molar-refractivity contribution is 5.79. The third-order valence-corrected chi connectivity index (χ3v) is 4.39. The van der Waals surface area contributed by atoms with E-state index >= 15 is 0 Å².